The Balaban J connectivity index is 1.95. The van der Waals surface area contributed by atoms with Gasteiger partial charge in [-0.3, -0.25) is 0 Å². The molecule has 2 N–H and O–H groups in total. The fourth-order valence-corrected chi connectivity index (χ4v) is 3.15. The largest absolute Gasteiger partial charge is 0.392 e. The molecule has 1 aromatic carbocycles. The van der Waals surface area contributed by atoms with Crippen molar-refractivity contribution in [1.82, 2.24) is 10.2 Å². The van der Waals surface area contributed by atoms with Crippen LogP contribution in [-0.2, 0) is 0 Å². The molecular weight excluding hydrogens is 236 g/mol. The Kier molecular flexibility index (Phi) is 5.37. The predicted molar refractivity (Wildman–Crippen MR) is 79.1 cm³/mol. The Morgan fingerprint density at radius 2 is 2.11 bits per heavy atom. The summed E-state index contributed by atoms with van der Waals surface area (Å²) in [7, 11) is 2.03. The molecule has 3 heteroatoms. The molecule has 0 unspecified atom stereocenters. The molecule has 0 bridgehead atoms. The highest BCUT2D eigenvalue weighted by Crippen LogP contribution is 2.23. The van der Waals surface area contributed by atoms with E-state index in [-0.39, 0.29) is 6.10 Å². The minimum atomic E-state index is -0.134. The third kappa shape index (κ3) is 4.03. The highest BCUT2D eigenvalue weighted by atomic mass is 16.3. The van der Waals surface area contributed by atoms with Crippen LogP contribution < -0.4 is 5.32 Å². The van der Waals surface area contributed by atoms with Crippen LogP contribution >= 0.6 is 0 Å². The molecular formula is C16H26N2O. The molecule has 1 aliphatic rings. The number of benzene rings is 1. The molecule has 0 spiro atoms. The van der Waals surface area contributed by atoms with Crippen molar-refractivity contribution in [2.45, 2.75) is 31.9 Å². The fourth-order valence-electron chi connectivity index (χ4n) is 3.15. The van der Waals surface area contributed by atoms with E-state index in [1.54, 1.807) is 0 Å². The van der Waals surface area contributed by atoms with Crippen LogP contribution in [0.15, 0.2) is 30.3 Å². The smallest absolute Gasteiger partial charge is 0.0667 e. The summed E-state index contributed by atoms with van der Waals surface area (Å²) in [5.41, 5.74) is 1.34. The standard InChI is InChI=1S/C16H26N2O/c1-13(11-18-10-6-9-15(19)12-18)16(17-2)14-7-4-3-5-8-14/h3-5,7-8,13,15-17,19H,6,9-12H2,1-2H3/t13-,15-,16+/m0/s1. The second kappa shape index (κ2) is 7.04. The highest BCUT2D eigenvalue weighted by Gasteiger charge is 2.23. The summed E-state index contributed by atoms with van der Waals surface area (Å²) >= 11 is 0. The van der Waals surface area contributed by atoms with E-state index in [9.17, 15) is 5.11 Å². The van der Waals surface area contributed by atoms with Gasteiger partial charge in [0.15, 0.2) is 0 Å². The van der Waals surface area contributed by atoms with Crippen LogP contribution in [0.4, 0.5) is 0 Å². The second-order valence-corrected chi connectivity index (χ2v) is 5.71. The number of aliphatic hydroxyl groups excluding tert-OH is 1. The van der Waals surface area contributed by atoms with Crippen LogP contribution in [0.2, 0.25) is 0 Å². The van der Waals surface area contributed by atoms with Gasteiger partial charge in [-0.1, -0.05) is 37.3 Å². The summed E-state index contributed by atoms with van der Waals surface area (Å²) in [6.07, 6.45) is 1.94. The van der Waals surface area contributed by atoms with Gasteiger partial charge in [0.2, 0.25) is 0 Å². The van der Waals surface area contributed by atoms with Crippen molar-refractivity contribution in [2.24, 2.45) is 5.92 Å². The first-order valence-electron chi connectivity index (χ1n) is 7.33. The average Bonchev–Trinajstić information content (AvgIpc) is 2.41. The average molecular weight is 262 g/mol. The van der Waals surface area contributed by atoms with Gasteiger partial charge in [0.05, 0.1) is 6.10 Å². The summed E-state index contributed by atoms with van der Waals surface area (Å²) in [5.74, 6) is 0.526. The topological polar surface area (TPSA) is 35.5 Å². The van der Waals surface area contributed by atoms with Crippen LogP contribution in [0.25, 0.3) is 0 Å². The molecule has 1 aliphatic heterocycles. The van der Waals surface area contributed by atoms with Gasteiger partial charge in [0.1, 0.15) is 0 Å². The molecule has 3 nitrogen and oxygen atoms in total. The number of aliphatic hydroxyl groups is 1. The van der Waals surface area contributed by atoms with Gasteiger partial charge < -0.3 is 15.3 Å². The number of nitrogens with zero attached hydrogens (tertiary/aromatic N) is 1. The van der Waals surface area contributed by atoms with Crippen LogP contribution in [0.5, 0.6) is 0 Å². The van der Waals surface area contributed by atoms with Crippen molar-refractivity contribution >= 4 is 0 Å². The summed E-state index contributed by atoms with van der Waals surface area (Å²) in [6, 6.07) is 11.0. The number of rotatable bonds is 5. The molecule has 0 aliphatic carbocycles. The first-order chi connectivity index (χ1) is 9.20. The van der Waals surface area contributed by atoms with Crippen molar-refractivity contribution in [1.29, 1.82) is 0 Å². The van der Waals surface area contributed by atoms with E-state index in [4.69, 9.17) is 0 Å². The Labute approximate surface area is 116 Å². The van der Waals surface area contributed by atoms with E-state index in [1.165, 1.54) is 5.56 Å². The summed E-state index contributed by atoms with van der Waals surface area (Å²) in [4.78, 5) is 2.39. The van der Waals surface area contributed by atoms with Crippen molar-refractivity contribution in [3.05, 3.63) is 35.9 Å². The van der Waals surface area contributed by atoms with Crippen LogP contribution in [0.3, 0.4) is 0 Å². The van der Waals surface area contributed by atoms with Gasteiger partial charge in [-0.25, -0.2) is 0 Å². The molecule has 1 fully saturated rings. The van der Waals surface area contributed by atoms with Crippen molar-refractivity contribution < 1.29 is 5.11 Å². The van der Waals surface area contributed by atoms with Gasteiger partial charge in [0.25, 0.3) is 0 Å². The summed E-state index contributed by atoms with van der Waals surface area (Å²) in [5, 5.41) is 13.2. The van der Waals surface area contributed by atoms with Crippen LogP contribution in [0.1, 0.15) is 31.4 Å². The minimum absolute atomic E-state index is 0.134. The molecule has 2 rings (SSSR count). The third-order valence-electron chi connectivity index (χ3n) is 4.07. The lowest BCUT2D eigenvalue weighted by Gasteiger charge is -2.34. The zero-order chi connectivity index (χ0) is 13.7. The number of nitrogens with one attached hydrogen (secondary N) is 1. The molecule has 0 aromatic heterocycles. The van der Waals surface area contributed by atoms with Gasteiger partial charge in [-0.05, 0) is 37.9 Å². The van der Waals surface area contributed by atoms with Gasteiger partial charge >= 0.3 is 0 Å². The predicted octanol–water partition coefficient (Wildman–Crippen LogP) is 2.04. The lowest BCUT2D eigenvalue weighted by Crippen LogP contribution is -2.42. The second-order valence-electron chi connectivity index (χ2n) is 5.71. The highest BCUT2D eigenvalue weighted by molar-refractivity contribution is 5.19. The van der Waals surface area contributed by atoms with E-state index in [0.29, 0.717) is 12.0 Å². The molecule has 106 valence electrons. The van der Waals surface area contributed by atoms with E-state index in [1.807, 2.05) is 7.05 Å². The SMILES string of the molecule is CN[C@@H](c1ccccc1)[C@@H](C)CN1CCC[C@H](O)C1. The number of likely N-dealkylation sites (tertiary alicyclic amines) is 1. The van der Waals surface area contributed by atoms with E-state index >= 15 is 0 Å². The van der Waals surface area contributed by atoms with Crippen LogP contribution in [-0.4, -0.2) is 42.8 Å². The van der Waals surface area contributed by atoms with Crippen molar-refractivity contribution in [3.63, 3.8) is 0 Å². The maximum atomic E-state index is 9.75. The lowest BCUT2D eigenvalue weighted by atomic mass is 9.93. The Morgan fingerprint density at radius 1 is 1.37 bits per heavy atom. The maximum absolute atomic E-state index is 9.75. The molecule has 19 heavy (non-hydrogen) atoms. The zero-order valence-electron chi connectivity index (χ0n) is 12.0. The van der Waals surface area contributed by atoms with E-state index in [0.717, 1.165) is 32.5 Å². The van der Waals surface area contributed by atoms with Crippen LogP contribution in [0, 0.1) is 5.92 Å². The molecule has 1 heterocycles. The third-order valence-corrected chi connectivity index (χ3v) is 4.07. The molecule has 0 saturated carbocycles. The Morgan fingerprint density at radius 3 is 2.74 bits per heavy atom. The first kappa shape index (κ1) is 14.5. The molecule has 1 saturated heterocycles. The fraction of sp³-hybridized carbons (Fsp3) is 0.625. The van der Waals surface area contributed by atoms with Crippen molar-refractivity contribution in [3.8, 4) is 0 Å². The summed E-state index contributed by atoms with van der Waals surface area (Å²) in [6.45, 7) is 5.27. The number of piperidine rings is 1. The Bertz CT molecular complexity index is 368. The van der Waals surface area contributed by atoms with Crippen molar-refractivity contribution in [2.75, 3.05) is 26.7 Å². The quantitative estimate of drug-likeness (QED) is 0.852. The molecule has 1 aromatic rings. The number of β-amino-alcohol motifs (C(OH)–C–C–N with tert-alkyl or cyclic N) is 1. The monoisotopic (exact) mass is 262 g/mol. The first-order valence-corrected chi connectivity index (χ1v) is 7.33. The minimum Gasteiger partial charge on any atom is -0.392 e. The molecule has 3 atom stereocenters. The maximum Gasteiger partial charge on any atom is 0.0667 e. The van der Waals surface area contributed by atoms with Gasteiger partial charge in [-0.2, -0.15) is 0 Å². The number of hydrogen-bond acceptors (Lipinski definition) is 3. The summed E-state index contributed by atoms with van der Waals surface area (Å²) < 4.78 is 0. The zero-order valence-corrected chi connectivity index (χ0v) is 12.0. The Hall–Kier alpha value is -0.900. The van der Waals surface area contributed by atoms with E-state index in [2.05, 4.69) is 47.5 Å². The molecule has 0 amide bonds. The lowest BCUT2D eigenvalue weighted by molar-refractivity contribution is 0.0601. The van der Waals surface area contributed by atoms with Gasteiger partial charge in [-0.15, -0.1) is 0 Å². The molecule has 0 radical (unpaired) electrons. The van der Waals surface area contributed by atoms with E-state index < -0.39 is 0 Å². The van der Waals surface area contributed by atoms with Gasteiger partial charge in [0, 0.05) is 19.1 Å². The normalized spacial score (nSPS) is 24.1. The number of hydrogen-bond donors (Lipinski definition) is 2.